The average molecular weight is 296 g/mol. The van der Waals surface area contributed by atoms with Gasteiger partial charge in [-0.1, -0.05) is 6.07 Å². The summed E-state index contributed by atoms with van der Waals surface area (Å²) in [6.07, 6.45) is 6.87. The van der Waals surface area contributed by atoms with Crippen LogP contribution in [-0.4, -0.2) is 21.1 Å². The number of nitrogens with zero attached hydrogens (tertiary/aromatic N) is 1. The number of hydrogen-bond acceptors (Lipinski definition) is 2. The first kappa shape index (κ1) is 13.2. The number of H-pyrrole nitrogens is 1. The molecule has 2 aromatic rings. The summed E-state index contributed by atoms with van der Waals surface area (Å²) in [7, 11) is 0. The van der Waals surface area contributed by atoms with Gasteiger partial charge in [0.2, 0.25) is 0 Å². The van der Waals surface area contributed by atoms with E-state index in [-0.39, 0.29) is 5.82 Å². The van der Waals surface area contributed by atoms with Crippen LogP contribution in [0.25, 0.3) is 11.0 Å². The summed E-state index contributed by atoms with van der Waals surface area (Å²) >= 11 is 7.34. The van der Waals surface area contributed by atoms with Crippen molar-refractivity contribution in [1.29, 1.82) is 0 Å². The van der Waals surface area contributed by atoms with E-state index in [2.05, 4.69) is 15.8 Å². The molecule has 0 unspecified atom stereocenters. The van der Waals surface area contributed by atoms with E-state index in [1.54, 1.807) is 6.07 Å². The van der Waals surface area contributed by atoms with Crippen LogP contribution in [0.1, 0.15) is 31.7 Å². The van der Waals surface area contributed by atoms with Gasteiger partial charge in [-0.15, -0.1) is 0 Å². The van der Waals surface area contributed by atoms with Gasteiger partial charge in [-0.25, -0.2) is 4.39 Å². The molecule has 1 heterocycles. The quantitative estimate of drug-likeness (QED) is 0.812. The maximum Gasteiger partial charge on any atom is 0.178 e. The molecule has 0 saturated heterocycles. The fourth-order valence-corrected chi connectivity index (χ4v) is 4.11. The van der Waals surface area contributed by atoms with Crippen LogP contribution >= 0.6 is 24.0 Å². The zero-order chi connectivity index (χ0) is 13.4. The Labute approximate surface area is 121 Å². The van der Waals surface area contributed by atoms with Crippen molar-refractivity contribution >= 4 is 35.0 Å². The number of aromatic nitrogens is 2. The number of para-hydroxylation sites is 1. The molecule has 0 atom stereocenters. The minimum absolute atomic E-state index is 0.222. The molecule has 1 aromatic heterocycles. The van der Waals surface area contributed by atoms with Crippen molar-refractivity contribution in [1.82, 2.24) is 9.55 Å². The zero-order valence-electron chi connectivity index (χ0n) is 10.9. The highest BCUT2D eigenvalue weighted by atomic mass is 32.2. The maximum atomic E-state index is 13.8. The minimum Gasteiger partial charge on any atom is -0.328 e. The Kier molecular flexibility index (Phi) is 3.67. The molecule has 1 N–H and O–H groups in total. The largest absolute Gasteiger partial charge is 0.328 e. The Balaban J connectivity index is 1.99. The van der Waals surface area contributed by atoms with Crippen molar-refractivity contribution in [2.45, 2.75) is 37.0 Å². The molecule has 0 spiro atoms. The van der Waals surface area contributed by atoms with E-state index < -0.39 is 0 Å². The molecular formula is C14H17FN2S2. The van der Waals surface area contributed by atoms with Crippen molar-refractivity contribution in [2.75, 3.05) is 6.26 Å². The lowest BCUT2D eigenvalue weighted by Gasteiger charge is -2.28. The fourth-order valence-electron chi connectivity index (χ4n) is 3.02. The summed E-state index contributed by atoms with van der Waals surface area (Å²) in [5.74, 6) is -0.222. The van der Waals surface area contributed by atoms with Gasteiger partial charge in [-0.3, -0.25) is 0 Å². The van der Waals surface area contributed by atoms with Gasteiger partial charge >= 0.3 is 0 Å². The summed E-state index contributed by atoms with van der Waals surface area (Å²) in [5.41, 5.74) is 1.44. The number of hydrogen-bond donors (Lipinski definition) is 1. The number of aromatic amines is 1. The summed E-state index contributed by atoms with van der Waals surface area (Å²) < 4.78 is 16.5. The lowest BCUT2D eigenvalue weighted by molar-refractivity contribution is 0.364. The second-order valence-electron chi connectivity index (χ2n) is 5.10. The van der Waals surface area contributed by atoms with E-state index in [0.717, 1.165) is 23.6 Å². The molecule has 0 bridgehead atoms. The van der Waals surface area contributed by atoms with Crippen LogP contribution in [0, 0.1) is 10.6 Å². The topological polar surface area (TPSA) is 20.7 Å². The van der Waals surface area contributed by atoms with Crippen molar-refractivity contribution < 1.29 is 4.39 Å². The molecule has 0 aliphatic heterocycles. The first-order valence-electron chi connectivity index (χ1n) is 6.62. The molecule has 0 radical (unpaired) electrons. The number of rotatable bonds is 2. The van der Waals surface area contributed by atoms with Crippen LogP contribution in [0.5, 0.6) is 0 Å². The van der Waals surface area contributed by atoms with Gasteiger partial charge in [0.15, 0.2) is 4.77 Å². The standard InChI is InChI=1S/C14H17FN2S2/c1-19-10-7-5-9(6-8-10)17-12-4-2-3-11(15)13(12)16-14(17)18/h2-4,9-10H,5-8H2,1H3,(H,16,18). The second kappa shape index (κ2) is 5.29. The van der Waals surface area contributed by atoms with Crippen molar-refractivity contribution in [2.24, 2.45) is 0 Å². The van der Waals surface area contributed by atoms with E-state index in [4.69, 9.17) is 12.2 Å². The van der Waals surface area contributed by atoms with Crippen LogP contribution in [0.4, 0.5) is 4.39 Å². The number of thioether (sulfide) groups is 1. The lowest BCUT2D eigenvalue weighted by Crippen LogP contribution is -2.19. The SMILES string of the molecule is CSC1CCC(n2c(=S)[nH]c3c(F)cccc32)CC1. The van der Waals surface area contributed by atoms with E-state index >= 15 is 0 Å². The monoisotopic (exact) mass is 296 g/mol. The number of halogens is 1. The van der Waals surface area contributed by atoms with E-state index in [9.17, 15) is 4.39 Å². The summed E-state index contributed by atoms with van der Waals surface area (Å²) in [4.78, 5) is 3.02. The second-order valence-corrected chi connectivity index (χ2v) is 6.63. The molecule has 1 aliphatic carbocycles. The first-order valence-corrected chi connectivity index (χ1v) is 8.32. The van der Waals surface area contributed by atoms with Gasteiger partial charge < -0.3 is 9.55 Å². The van der Waals surface area contributed by atoms with E-state index in [1.807, 2.05) is 17.8 Å². The fraction of sp³-hybridized carbons (Fsp3) is 0.500. The number of nitrogens with one attached hydrogen (secondary N) is 1. The lowest BCUT2D eigenvalue weighted by atomic mass is 9.94. The Bertz CT molecular complexity index is 638. The Morgan fingerprint density at radius 3 is 2.74 bits per heavy atom. The normalized spacial score (nSPS) is 23.9. The van der Waals surface area contributed by atoms with Crippen LogP contribution in [-0.2, 0) is 0 Å². The predicted octanol–water partition coefficient (Wildman–Crippen LogP) is 4.68. The van der Waals surface area contributed by atoms with Crippen molar-refractivity contribution in [3.05, 3.63) is 28.8 Å². The van der Waals surface area contributed by atoms with Gasteiger partial charge in [0.05, 0.1) is 5.52 Å². The Hall–Kier alpha value is -0.810. The highest BCUT2D eigenvalue weighted by Gasteiger charge is 2.23. The smallest absolute Gasteiger partial charge is 0.178 e. The zero-order valence-corrected chi connectivity index (χ0v) is 12.5. The van der Waals surface area contributed by atoms with Gasteiger partial charge in [-0.2, -0.15) is 11.8 Å². The average Bonchev–Trinajstić information content (AvgIpc) is 2.77. The molecule has 3 rings (SSSR count). The van der Waals surface area contributed by atoms with Gasteiger partial charge in [-0.05, 0) is 56.3 Å². The number of fused-ring (bicyclic) bond motifs is 1. The van der Waals surface area contributed by atoms with Crippen molar-refractivity contribution in [3.8, 4) is 0 Å². The molecule has 102 valence electrons. The van der Waals surface area contributed by atoms with E-state index in [1.165, 1.54) is 18.9 Å². The summed E-state index contributed by atoms with van der Waals surface area (Å²) in [6.45, 7) is 0. The van der Waals surface area contributed by atoms with Crippen LogP contribution < -0.4 is 0 Å². The number of benzene rings is 1. The van der Waals surface area contributed by atoms with Crippen molar-refractivity contribution in [3.63, 3.8) is 0 Å². The highest BCUT2D eigenvalue weighted by Crippen LogP contribution is 2.35. The van der Waals surface area contributed by atoms with Crippen LogP contribution in [0.2, 0.25) is 0 Å². The third-order valence-corrected chi connectivity index (χ3v) is 5.48. The molecule has 1 aliphatic rings. The molecular weight excluding hydrogens is 279 g/mol. The first-order chi connectivity index (χ1) is 9.20. The van der Waals surface area contributed by atoms with Crippen LogP contribution in [0.3, 0.4) is 0 Å². The van der Waals surface area contributed by atoms with Gasteiger partial charge in [0.25, 0.3) is 0 Å². The summed E-state index contributed by atoms with van der Waals surface area (Å²) in [6, 6.07) is 5.59. The molecule has 2 nitrogen and oxygen atoms in total. The highest BCUT2D eigenvalue weighted by molar-refractivity contribution is 7.99. The maximum absolute atomic E-state index is 13.8. The van der Waals surface area contributed by atoms with Crippen LogP contribution in [0.15, 0.2) is 18.2 Å². The molecule has 1 saturated carbocycles. The molecule has 1 aromatic carbocycles. The van der Waals surface area contributed by atoms with Gasteiger partial charge in [0, 0.05) is 11.3 Å². The predicted molar refractivity (Wildman–Crippen MR) is 81.9 cm³/mol. The minimum atomic E-state index is -0.222. The Morgan fingerprint density at radius 1 is 1.32 bits per heavy atom. The van der Waals surface area contributed by atoms with E-state index in [0.29, 0.717) is 16.3 Å². The summed E-state index contributed by atoms with van der Waals surface area (Å²) in [5, 5.41) is 0.771. The molecule has 0 amide bonds. The van der Waals surface area contributed by atoms with Gasteiger partial charge in [0.1, 0.15) is 11.3 Å². The number of imidazole rings is 1. The molecule has 1 fully saturated rings. The third kappa shape index (κ3) is 2.34. The third-order valence-electron chi connectivity index (χ3n) is 4.04. The molecule has 5 heteroatoms. The Morgan fingerprint density at radius 2 is 2.05 bits per heavy atom. The molecule has 19 heavy (non-hydrogen) atoms.